The lowest BCUT2D eigenvalue weighted by Gasteiger charge is -2.30. The van der Waals surface area contributed by atoms with Crippen molar-refractivity contribution in [3.05, 3.63) is 78.0 Å². The molecule has 1 amide bonds. The Morgan fingerprint density at radius 1 is 1.22 bits per heavy atom. The average molecular weight is 431 g/mol. The lowest BCUT2D eigenvalue weighted by molar-refractivity contribution is 0.0656. The normalized spacial score (nSPS) is 16.4. The summed E-state index contributed by atoms with van der Waals surface area (Å²) in [5.41, 5.74) is 2.62. The molecule has 1 aromatic carbocycles. The van der Waals surface area contributed by atoms with E-state index in [0.29, 0.717) is 31.1 Å². The summed E-state index contributed by atoms with van der Waals surface area (Å²) in [4.78, 5) is 19.4. The van der Waals surface area contributed by atoms with Crippen LogP contribution in [0.3, 0.4) is 0 Å². The highest BCUT2D eigenvalue weighted by atomic mass is 16.5. The molecule has 0 bridgehead atoms. The van der Waals surface area contributed by atoms with E-state index in [-0.39, 0.29) is 17.6 Å². The molecule has 8 nitrogen and oxygen atoms in total. The van der Waals surface area contributed by atoms with Crippen LogP contribution in [0, 0.1) is 0 Å². The Labute approximate surface area is 185 Å². The van der Waals surface area contributed by atoms with Gasteiger partial charge in [0.25, 0.3) is 5.91 Å². The summed E-state index contributed by atoms with van der Waals surface area (Å²) < 4.78 is 13.2. The van der Waals surface area contributed by atoms with Crippen LogP contribution >= 0.6 is 0 Å². The fraction of sp³-hybridized carbons (Fsp3) is 0.333. The first kappa shape index (κ1) is 20.2. The Morgan fingerprint density at radius 3 is 2.91 bits per heavy atom. The highest BCUT2D eigenvalue weighted by Gasteiger charge is 2.30. The maximum absolute atomic E-state index is 13.0. The molecular weight excluding hydrogens is 406 g/mol. The molecule has 0 unspecified atom stereocenters. The van der Waals surface area contributed by atoms with Crippen molar-refractivity contribution in [2.75, 3.05) is 13.1 Å². The van der Waals surface area contributed by atoms with Crippen molar-refractivity contribution in [1.29, 1.82) is 0 Å². The van der Waals surface area contributed by atoms with Crippen molar-refractivity contribution in [2.24, 2.45) is 0 Å². The predicted octanol–water partition coefficient (Wildman–Crippen LogP) is 4.16. The molecule has 32 heavy (non-hydrogen) atoms. The molecule has 1 saturated heterocycles. The first-order valence-electron chi connectivity index (χ1n) is 11.0. The van der Waals surface area contributed by atoms with Gasteiger partial charge in [-0.2, -0.15) is 5.10 Å². The van der Waals surface area contributed by atoms with E-state index in [9.17, 15) is 4.79 Å². The van der Waals surface area contributed by atoms with Crippen molar-refractivity contribution in [1.82, 2.24) is 24.8 Å². The predicted molar refractivity (Wildman–Crippen MR) is 117 cm³/mol. The van der Waals surface area contributed by atoms with Crippen LogP contribution in [0.2, 0.25) is 0 Å². The number of nitrogens with zero attached hydrogens (tertiary/aromatic N) is 5. The molecule has 1 aliphatic heterocycles. The van der Waals surface area contributed by atoms with Gasteiger partial charge in [0.15, 0.2) is 5.89 Å². The number of likely N-dealkylation sites (tertiary alicyclic amines) is 1. The van der Waals surface area contributed by atoms with Gasteiger partial charge in [0.2, 0.25) is 5.76 Å². The molecular formula is C24H25N5O3. The third kappa shape index (κ3) is 4.21. The minimum absolute atomic E-state index is 0.0717. The van der Waals surface area contributed by atoms with E-state index >= 15 is 0 Å². The monoisotopic (exact) mass is 431 g/mol. The number of oxazole rings is 1. The van der Waals surface area contributed by atoms with Crippen LogP contribution in [0.1, 0.15) is 53.5 Å². The van der Waals surface area contributed by atoms with Gasteiger partial charge in [-0.25, -0.2) is 4.98 Å². The van der Waals surface area contributed by atoms with E-state index < -0.39 is 0 Å². The highest BCUT2D eigenvalue weighted by molar-refractivity contribution is 5.92. The molecule has 1 fully saturated rings. The van der Waals surface area contributed by atoms with E-state index in [0.717, 1.165) is 30.7 Å². The average Bonchev–Trinajstić information content (AvgIpc) is 3.59. The molecule has 3 aromatic heterocycles. The van der Waals surface area contributed by atoms with E-state index in [1.807, 2.05) is 36.0 Å². The fourth-order valence-electron chi connectivity index (χ4n) is 4.09. The number of piperidine rings is 1. The van der Waals surface area contributed by atoms with Crippen molar-refractivity contribution >= 4 is 5.91 Å². The number of rotatable bonds is 6. The van der Waals surface area contributed by atoms with Gasteiger partial charge >= 0.3 is 0 Å². The Kier molecular flexibility index (Phi) is 5.58. The van der Waals surface area contributed by atoms with Crippen LogP contribution in [-0.4, -0.2) is 43.8 Å². The molecule has 0 radical (unpaired) electrons. The molecule has 8 heteroatoms. The number of aryl methyl sites for hydroxylation is 1. The molecule has 5 rings (SSSR count). The lowest BCUT2D eigenvalue weighted by atomic mass is 9.98. The Bertz CT molecular complexity index is 1190. The summed E-state index contributed by atoms with van der Waals surface area (Å²) in [6, 6.07) is 11.9. The molecule has 0 spiro atoms. The van der Waals surface area contributed by atoms with E-state index in [2.05, 4.69) is 27.4 Å². The minimum Gasteiger partial charge on any atom is -0.445 e. The molecule has 0 saturated carbocycles. The largest absolute Gasteiger partial charge is 0.445 e. The zero-order chi connectivity index (χ0) is 21.9. The maximum atomic E-state index is 13.0. The standard InChI is InChI=1S/C24H25N5O3/c1-2-29-16-19(13-26-29)21-12-22(32-27-21)24(30)28-10-6-9-18(15-28)23-25-14-20(31-23)11-17-7-4-3-5-8-17/h3-5,7-8,12-14,16,18H,2,6,9-11,15H2,1H3/t18-/m0/s1. The third-order valence-electron chi connectivity index (χ3n) is 5.82. The first-order chi connectivity index (χ1) is 15.7. The Balaban J connectivity index is 1.25. The molecule has 0 N–H and O–H groups in total. The zero-order valence-corrected chi connectivity index (χ0v) is 18.0. The van der Waals surface area contributed by atoms with Crippen LogP contribution in [0.5, 0.6) is 0 Å². The topological polar surface area (TPSA) is 90.2 Å². The van der Waals surface area contributed by atoms with Gasteiger partial charge in [0, 0.05) is 43.9 Å². The quantitative estimate of drug-likeness (QED) is 0.455. The minimum atomic E-state index is -0.160. The van der Waals surface area contributed by atoms with Gasteiger partial charge in [-0.05, 0) is 25.3 Å². The summed E-state index contributed by atoms with van der Waals surface area (Å²) in [7, 11) is 0. The number of carbonyl (C=O) groups is 1. The lowest BCUT2D eigenvalue weighted by Crippen LogP contribution is -2.39. The second kappa shape index (κ2) is 8.82. The number of hydrogen-bond donors (Lipinski definition) is 0. The molecule has 0 aliphatic carbocycles. The van der Waals surface area contributed by atoms with Crippen LogP contribution in [0.25, 0.3) is 11.3 Å². The van der Waals surface area contributed by atoms with Crippen LogP contribution < -0.4 is 0 Å². The van der Waals surface area contributed by atoms with Crippen LogP contribution in [0.15, 0.2) is 63.9 Å². The van der Waals surface area contributed by atoms with Crippen molar-refractivity contribution < 1.29 is 13.7 Å². The van der Waals surface area contributed by atoms with Crippen LogP contribution in [-0.2, 0) is 13.0 Å². The van der Waals surface area contributed by atoms with E-state index in [1.54, 1.807) is 23.4 Å². The molecule has 1 aliphatic rings. The van der Waals surface area contributed by atoms with Crippen molar-refractivity contribution in [2.45, 2.75) is 38.6 Å². The Morgan fingerprint density at radius 2 is 2.09 bits per heavy atom. The smallest absolute Gasteiger partial charge is 0.292 e. The van der Waals surface area contributed by atoms with Gasteiger partial charge in [-0.3, -0.25) is 9.48 Å². The van der Waals surface area contributed by atoms with E-state index in [4.69, 9.17) is 8.94 Å². The van der Waals surface area contributed by atoms with Gasteiger partial charge in [-0.1, -0.05) is 35.5 Å². The summed E-state index contributed by atoms with van der Waals surface area (Å²) in [5, 5.41) is 8.31. The summed E-state index contributed by atoms with van der Waals surface area (Å²) in [6.45, 7) is 4.01. The second-order valence-corrected chi connectivity index (χ2v) is 8.08. The summed E-state index contributed by atoms with van der Waals surface area (Å²) >= 11 is 0. The number of benzene rings is 1. The zero-order valence-electron chi connectivity index (χ0n) is 18.0. The van der Waals surface area contributed by atoms with Crippen LogP contribution in [0.4, 0.5) is 0 Å². The second-order valence-electron chi connectivity index (χ2n) is 8.08. The molecule has 4 heterocycles. The van der Waals surface area contributed by atoms with Gasteiger partial charge in [0.05, 0.1) is 18.3 Å². The number of hydrogen-bond acceptors (Lipinski definition) is 6. The highest BCUT2D eigenvalue weighted by Crippen LogP contribution is 2.29. The first-order valence-corrected chi connectivity index (χ1v) is 11.0. The summed E-state index contributed by atoms with van der Waals surface area (Å²) in [6.07, 6.45) is 7.94. The Hall–Kier alpha value is -3.68. The molecule has 4 aromatic rings. The SMILES string of the molecule is CCn1cc(-c2cc(C(=O)N3CCC[C@H](c4ncc(Cc5ccccc5)o4)C3)on2)cn1. The number of amides is 1. The number of aromatic nitrogens is 4. The fourth-order valence-corrected chi connectivity index (χ4v) is 4.09. The van der Waals surface area contributed by atoms with Crippen molar-refractivity contribution in [3.8, 4) is 11.3 Å². The van der Waals surface area contributed by atoms with Gasteiger partial charge < -0.3 is 13.8 Å². The van der Waals surface area contributed by atoms with E-state index in [1.165, 1.54) is 5.56 Å². The van der Waals surface area contributed by atoms with Crippen molar-refractivity contribution in [3.63, 3.8) is 0 Å². The third-order valence-corrected chi connectivity index (χ3v) is 5.82. The molecule has 164 valence electrons. The number of carbonyl (C=O) groups excluding carboxylic acids is 1. The van der Waals surface area contributed by atoms with Gasteiger partial charge in [-0.15, -0.1) is 0 Å². The molecule has 1 atom stereocenters. The summed E-state index contributed by atoms with van der Waals surface area (Å²) in [5.74, 6) is 1.68. The van der Waals surface area contributed by atoms with Gasteiger partial charge in [0.1, 0.15) is 11.5 Å². The maximum Gasteiger partial charge on any atom is 0.292 e.